The fraction of sp³-hybridized carbons (Fsp3) is 0.375. The van der Waals surface area contributed by atoms with Gasteiger partial charge in [0.1, 0.15) is 6.04 Å². The van der Waals surface area contributed by atoms with Crippen LogP contribution in [0.4, 0.5) is 0 Å². The number of para-hydroxylation sites is 2. The van der Waals surface area contributed by atoms with Crippen LogP contribution in [0, 0.1) is 0 Å². The molecule has 0 saturated carbocycles. The molecule has 2 aromatic heterocycles. The van der Waals surface area contributed by atoms with E-state index in [1.807, 2.05) is 35.8 Å². The number of imidazole rings is 1. The monoisotopic (exact) mass is 329 g/mol. The second-order valence-electron chi connectivity index (χ2n) is 5.77. The van der Waals surface area contributed by atoms with Gasteiger partial charge in [0.15, 0.2) is 0 Å². The van der Waals surface area contributed by atoms with Crippen molar-refractivity contribution in [2.45, 2.75) is 39.3 Å². The number of aromatic nitrogens is 4. The van der Waals surface area contributed by atoms with Crippen molar-refractivity contribution in [2.75, 3.05) is 0 Å². The summed E-state index contributed by atoms with van der Waals surface area (Å²) < 4.78 is 5.87. The molecule has 0 fully saturated rings. The summed E-state index contributed by atoms with van der Waals surface area (Å²) in [4.78, 5) is 17.8. The molecular formula is C16H19N5OS. The predicted octanol–water partition coefficient (Wildman–Crippen LogP) is 2.89. The van der Waals surface area contributed by atoms with Gasteiger partial charge in [0.2, 0.25) is 5.91 Å². The van der Waals surface area contributed by atoms with Gasteiger partial charge >= 0.3 is 0 Å². The molecule has 0 spiro atoms. The van der Waals surface area contributed by atoms with Crippen molar-refractivity contribution in [1.29, 1.82) is 0 Å². The van der Waals surface area contributed by atoms with Gasteiger partial charge in [-0.3, -0.25) is 4.79 Å². The maximum Gasteiger partial charge on any atom is 0.243 e. The summed E-state index contributed by atoms with van der Waals surface area (Å²) in [5.41, 5.74) is 2.80. The summed E-state index contributed by atoms with van der Waals surface area (Å²) in [7, 11) is 0. The summed E-state index contributed by atoms with van der Waals surface area (Å²) in [6.07, 6.45) is 1.71. The number of nitrogens with zero attached hydrogens (tertiary/aromatic N) is 4. The normalized spacial score (nSPS) is 12.7. The number of fused-ring (bicyclic) bond motifs is 1. The number of amides is 1. The average Bonchev–Trinajstić information content (AvgIpc) is 3.18. The van der Waals surface area contributed by atoms with Gasteiger partial charge in [-0.25, -0.2) is 4.98 Å². The molecule has 0 saturated heterocycles. The molecule has 7 heteroatoms. The minimum Gasteiger partial charge on any atom is -0.349 e. The second-order valence-corrected chi connectivity index (χ2v) is 6.61. The fourth-order valence-corrected chi connectivity index (χ4v) is 3.24. The Hall–Kier alpha value is -2.28. The van der Waals surface area contributed by atoms with Gasteiger partial charge in [0.05, 0.1) is 34.5 Å². The number of nitrogens with one attached hydrogen (secondary N) is 1. The number of hydrogen-bond acceptors (Lipinski definition) is 5. The van der Waals surface area contributed by atoms with Crippen LogP contribution in [0.5, 0.6) is 0 Å². The maximum atomic E-state index is 12.5. The molecule has 0 radical (unpaired) electrons. The van der Waals surface area contributed by atoms with Crippen molar-refractivity contribution in [3.8, 4) is 0 Å². The van der Waals surface area contributed by atoms with Gasteiger partial charge in [-0.05, 0) is 36.5 Å². The highest BCUT2D eigenvalue weighted by Crippen LogP contribution is 2.20. The molecule has 6 nitrogen and oxygen atoms in total. The Morgan fingerprint density at radius 1 is 1.30 bits per heavy atom. The van der Waals surface area contributed by atoms with Crippen LogP contribution >= 0.6 is 11.5 Å². The predicted molar refractivity (Wildman–Crippen MR) is 90.3 cm³/mol. The van der Waals surface area contributed by atoms with Crippen LogP contribution in [-0.2, 0) is 11.3 Å². The van der Waals surface area contributed by atoms with E-state index in [1.165, 1.54) is 11.5 Å². The van der Waals surface area contributed by atoms with Crippen LogP contribution in [0.2, 0.25) is 0 Å². The van der Waals surface area contributed by atoms with Crippen LogP contribution in [-0.4, -0.2) is 25.0 Å². The van der Waals surface area contributed by atoms with E-state index in [2.05, 4.69) is 33.7 Å². The summed E-state index contributed by atoms with van der Waals surface area (Å²) in [6.45, 7) is 6.48. The number of hydrogen-bond donors (Lipinski definition) is 1. The Morgan fingerprint density at radius 2 is 2.09 bits per heavy atom. The molecule has 0 aliphatic carbocycles. The lowest BCUT2D eigenvalue weighted by atomic mass is 10.1. The van der Waals surface area contributed by atoms with Crippen molar-refractivity contribution in [2.24, 2.45) is 0 Å². The van der Waals surface area contributed by atoms with Gasteiger partial charge in [0, 0.05) is 0 Å². The number of carbonyl (C=O) groups is 1. The molecule has 1 aromatic carbocycles. The maximum absolute atomic E-state index is 12.5. The van der Waals surface area contributed by atoms with Gasteiger partial charge < -0.3 is 9.88 Å². The van der Waals surface area contributed by atoms with Crippen LogP contribution < -0.4 is 5.32 Å². The van der Waals surface area contributed by atoms with Crippen LogP contribution in [0.15, 0.2) is 30.6 Å². The molecule has 23 heavy (non-hydrogen) atoms. The van der Waals surface area contributed by atoms with Crippen molar-refractivity contribution in [3.63, 3.8) is 0 Å². The largest absolute Gasteiger partial charge is 0.349 e. The summed E-state index contributed by atoms with van der Waals surface area (Å²) in [5, 5.41) is 7.11. The minimum atomic E-state index is -0.328. The first-order chi connectivity index (χ1) is 11.1. The standard InChI is InChI=1S/C16H19N5OS/c1-10(2)15-14(23-20-19-15)8-17-16(22)11(3)21-9-18-12-6-4-5-7-13(12)21/h4-7,9-11H,8H2,1-3H3,(H,17,22)/t11-/m0/s1. The molecule has 1 atom stereocenters. The lowest BCUT2D eigenvalue weighted by molar-refractivity contribution is -0.123. The van der Waals surface area contributed by atoms with Crippen molar-refractivity contribution in [3.05, 3.63) is 41.2 Å². The van der Waals surface area contributed by atoms with Gasteiger partial charge in [-0.15, -0.1) is 5.10 Å². The van der Waals surface area contributed by atoms with Crippen molar-refractivity contribution < 1.29 is 4.79 Å². The first kappa shape index (κ1) is 15.6. The molecule has 1 N–H and O–H groups in total. The van der Waals surface area contributed by atoms with E-state index in [0.29, 0.717) is 12.5 Å². The van der Waals surface area contributed by atoms with E-state index in [-0.39, 0.29) is 11.9 Å². The van der Waals surface area contributed by atoms with Gasteiger partial charge in [0.25, 0.3) is 0 Å². The van der Waals surface area contributed by atoms with E-state index < -0.39 is 0 Å². The van der Waals surface area contributed by atoms with Crippen molar-refractivity contribution >= 4 is 28.5 Å². The zero-order chi connectivity index (χ0) is 16.4. The quantitative estimate of drug-likeness (QED) is 0.781. The molecule has 3 rings (SSSR count). The van der Waals surface area contributed by atoms with E-state index in [1.54, 1.807) is 6.33 Å². The van der Waals surface area contributed by atoms with Crippen molar-refractivity contribution in [1.82, 2.24) is 24.5 Å². The summed E-state index contributed by atoms with van der Waals surface area (Å²) in [5.74, 6) is 0.256. The Kier molecular flexibility index (Phi) is 4.38. The number of carbonyl (C=O) groups excluding carboxylic acids is 1. The highest BCUT2D eigenvalue weighted by Gasteiger charge is 2.18. The zero-order valence-electron chi connectivity index (χ0n) is 13.4. The average molecular weight is 329 g/mol. The molecule has 0 aliphatic heterocycles. The molecule has 1 amide bonds. The topological polar surface area (TPSA) is 72.7 Å². The Balaban J connectivity index is 1.72. The first-order valence-electron chi connectivity index (χ1n) is 7.58. The minimum absolute atomic E-state index is 0.0451. The van der Waals surface area contributed by atoms with E-state index in [9.17, 15) is 4.79 Å². The lowest BCUT2D eigenvalue weighted by Crippen LogP contribution is -2.30. The van der Waals surface area contributed by atoms with E-state index >= 15 is 0 Å². The number of rotatable bonds is 5. The molecule has 3 aromatic rings. The fourth-order valence-electron chi connectivity index (χ4n) is 2.50. The van der Waals surface area contributed by atoms with Crippen LogP contribution in [0.1, 0.15) is 43.3 Å². The first-order valence-corrected chi connectivity index (χ1v) is 8.35. The third-order valence-electron chi connectivity index (χ3n) is 3.83. The smallest absolute Gasteiger partial charge is 0.243 e. The zero-order valence-corrected chi connectivity index (χ0v) is 14.2. The van der Waals surface area contributed by atoms with E-state index in [4.69, 9.17) is 0 Å². The van der Waals surface area contributed by atoms with Gasteiger partial charge in [-0.1, -0.05) is 30.5 Å². The molecule has 0 aliphatic rings. The lowest BCUT2D eigenvalue weighted by Gasteiger charge is -2.14. The SMILES string of the molecule is CC(C)c1nnsc1CNC(=O)[C@H](C)n1cnc2ccccc21. The number of benzene rings is 1. The molecule has 0 bridgehead atoms. The Bertz CT molecular complexity index is 823. The van der Waals surface area contributed by atoms with E-state index in [0.717, 1.165) is 21.6 Å². The second kappa shape index (κ2) is 6.45. The molecular weight excluding hydrogens is 310 g/mol. The molecule has 120 valence electrons. The molecule has 0 unspecified atom stereocenters. The highest BCUT2D eigenvalue weighted by molar-refractivity contribution is 7.05. The summed E-state index contributed by atoms with van der Waals surface area (Å²) in [6, 6.07) is 7.47. The Morgan fingerprint density at radius 3 is 2.87 bits per heavy atom. The third kappa shape index (κ3) is 3.10. The Labute approximate surface area is 138 Å². The van der Waals surface area contributed by atoms with Crippen LogP contribution in [0.3, 0.4) is 0 Å². The van der Waals surface area contributed by atoms with Gasteiger partial charge in [-0.2, -0.15) is 0 Å². The molecule has 2 heterocycles. The third-order valence-corrected chi connectivity index (χ3v) is 4.57. The van der Waals surface area contributed by atoms with Crippen LogP contribution in [0.25, 0.3) is 11.0 Å². The summed E-state index contributed by atoms with van der Waals surface area (Å²) >= 11 is 1.34. The highest BCUT2D eigenvalue weighted by atomic mass is 32.1.